The van der Waals surface area contributed by atoms with Crippen LogP contribution in [0.1, 0.15) is 30.9 Å². The lowest BCUT2D eigenvalue weighted by Crippen LogP contribution is -2.22. The first-order valence-corrected chi connectivity index (χ1v) is 10.0. The molecular formula is C24H20N4O4. The predicted molar refractivity (Wildman–Crippen MR) is 117 cm³/mol. The third kappa shape index (κ3) is 3.08. The highest BCUT2D eigenvalue weighted by Gasteiger charge is 2.36. The summed E-state index contributed by atoms with van der Waals surface area (Å²) in [7, 11) is 1.61. The molecule has 1 aliphatic rings. The molecule has 1 atom stereocenters. The van der Waals surface area contributed by atoms with Crippen LogP contribution in [0.25, 0.3) is 17.0 Å². The first kappa shape index (κ1) is 19.7. The third-order valence-electron chi connectivity index (χ3n) is 5.57. The van der Waals surface area contributed by atoms with Gasteiger partial charge in [-0.15, -0.1) is 5.10 Å². The Morgan fingerprint density at radius 1 is 1.16 bits per heavy atom. The highest BCUT2D eigenvalue weighted by atomic mass is 16.5. The Labute approximate surface area is 183 Å². The molecule has 8 heteroatoms. The lowest BCUT2D eigenvalue weighted by molar-refractivity contribution is -0.114. The van der Waals surface area contributed by atoms with Crippen molar-refractivity contribution in [1.29, 1.82) is 0 Å². The SMILES string of the molecule is COc1ccc(C2C(C(C)=O)=C(C)Oc3ncn4nc(-c5ccccc5O)nc4c32)cc1. The Morgan fingerprint density at radius 3 is 2.59 bits per heavy atom. The van der Waals surface area contributed by atoms with E-state index in [-0.39, 0.29) is 11.5 Å². The summed E-state index contributed by atoms with van der Waals surface area (Å²) < 4.78 is 12.8. The van der Waals surface area contributed by atoms with Crippen molar-refractivity contribution in [1.82, 2.24) is 19.6 Å². The Balaban J connectivity index is 1.77. The maximum Gasteiger partial charge on any atom is 0.228 e. The third-order valence-corrected chi connectivity index (χ3v) is 5.57. The van der Waals surface area contributed by atoms with Gasteiger partial charge in [-0.05, 0) is 43.7 Å². The lowest BCUT2D eigenvalue weighted by Gasteiger charge is -2.28. The van der Waals surface area contributed by atoms with Gasteiger partial charge >= 0.3 is 0 Å². The number of phenols is 1. The van der Waals surface area contributed by atoms with E-state index in [1.807, 2.05) is 24.3 Å². The van der Waals surface area contributed by atoms with Crippen molar-refractivity contribution in [3.63, 3.8) is 0 Å². The molecule has 0 fully saturated rings. The van der Waals surface area contributed by atoms with Gasteiger partial charge in [0, 0.05) is 11.5 Å². The number of allylic oxidation sites excluding steroid dienone is 2. The van der Waals surface area contributed by atoms with E-state index in [1.165, 1.54) is 13.3 Å². The topological polar surface area (TPSA) is 98.8 Å². The zero-order chi connectivity index (χ0) is 22.4. The van der Waals surface area contributed by atoms with Crippen LogP contribution < -0.4 is 9.47 Å². The van der Waals surface area contributed by atoms with E-state index in [0.717, 1.165) is 5.56 Å². The number of para-hydroxylation sites is 1. The minimum atomic E-state index is -0.445. The molecule has 4 aromatic rings. The van der Waals surface area contributed by atoms with E-state index in [0.29, 0.717) is 45.6 Å². The highest BCUT2D eigenvalue weighted by Crippen LogP contribution is 2.44. The number of aromatic nitrogens is 4. The van der Waals surface area contributed by atoms with E-state index in [2.05, 4.69) is 10.1 Å². The molecule has 160 valence electrons. The van der Waals surface area contributed by atoms with E-state index in [4.69, 9.17) is 14.5 Å². The average molecular weight is 428 g/mol. The molecule has 8 nitrogen and oxygen atoms in total. The van der Waals surface area contributed by atoms with Crippen molar-refractivity contribution in [3.05, 3.63) is 77.3 Å². The second-order valence-corrected chi connectivity index (χ2v) is 7.52. The predicted octanol–water partition coefficient (Wildman–Crippen LogP) is 3.89. The van der Waals surface area contributed by atoms with E-state index in [1.54, 1.807) is 42.8 Å². The summed E-state index contributed by atoms with van der Waals surface area (Å²) in [6, 6.07) is 14.4. The van der Waals surface area contributed by atoms with Crippen LogP contribution >= 0.6 is 0 Å². The largest absolute Gasteiger partial charge is 0.507 e. The second kappa shape index (κ2) is 7.49. The number of hydrogen-bond donors (Lipinski definition) is 1. The molecule has 1 unspecified atom stereocenters. The first-order chi connectivity index (χ1) is 15.5. The maximum absolute atomic E-state index is 12.7. The van der Waals surface area contributed by atoms with Gasteiger partial charge in [0.25, 0.3) is 0 Å². The number of nitrogens with zero attached hydrogens (tertiary/aromatic N) is 4. The molecule has 0 radical (unpaired) electrons. The van der Waals surface area contributed by atoms with Crippen LogP contribution in [0.5, 0.6) is 17.4 Å². The molecule has 0 spiro atoms. The van der Waals surface area contributed by atoms with Crippen molar-refractivity contribution < 1.29 is 19.4 Å². The summed E-state index contributed by atoms with van der Waals surface area (Å²) in [5.41, 5.74) is 3.05. The number of phenolic OH excluding ortho intramolecular Hbond substituents is 1. The van der Waals surface area contributed by atoms with E-state index < -0.39 is 5.92 Å². The molecule has 1 aliphatic heterocycles. The molecule has 0 aliphatic carbocycles. The summed E-state index contributed by atoms with van der Waals surface area (Å²) >= 11 is 0. The van der Waals surface area contributed by atoms with Gasteiger partial charge in [-0.3, -0.25) is 4.79 Å². The normalized spacial score (nSPS) is 15.4. The fourth-order valence-electron chi connectivity index (χ4n) is 4.10. The van der Waals surface area contributed by atoms with Gasteiger partial charge in [0.05, 0.1) is 18.2 Å². The Morgan fingerprint density at radius 2 is 1.91 bits per heavy atom. The fourth-order valence-corrected chi connectivity index (χ4v) is 4.10. The van der Waals surface area contributed by atoms with Gasteiger partial charge in [0.1, 0.15) is 23.6 Å². The number of ether oxygens (including phenoxy) is 2. The molecule has 2 aromatic carbocycles. The molecule has 5 rings (SSSR count). The minimum Gasteiger partial charge on any atom is -0.507 e. The van der Waals surface area contributed by atoms with Crippen LogP contribution in [0.15, 0.2) is 66.2 Å². The summed E-state index contributed by atoms with van der Waals surface area (Å²) in [6.07, 6.45) is 1.52. The smallest absolute Gasteiger partial charge is 0.228 e. The standard InChI is InChI=1S/C24H20N4O4/c1-13(29)19-14(2)32-24-21(20(19)15-8-10-16(31-3)11-9-15)23-26-22(27-28(23)12-25-24)17-6-4-5-7-18(17)30/h4-12,20,30H,1-3H3. The lowest BCUT2D eigenvalue weighted by atomic mass is 9.82. The number of methoxy groups -OCH3 is 1. The van der Waals surface area contributed by atoms with Gasteiger partial charge in [0.15, 0.2) is 17.3 Å². The van der Waals surface area contributed by atoms with Crippen molar-refractivity contribution >= 4 is 11.4 Å². The van der Waals surface area contributed by atoms with Crippen molar-refractivity contribution in [2.45, 2.75) is 19.8 Å². The van der Waals surface area contributed by atoms with Gasteiger partial charge < -0.3 is 14.6 Å². The monoisotopic (exact) mass is 428 g/mol. The van der Waals surface area contributed by atoms with Crippen LogP contribution in [0.3, 0.4) is 0 Å². The van der Waals surface area contributed by atoms with E-state index >= 15 is 0 Å². The highest BCUT2D eigenvalue weighted by molar-refractivity contribution is 5.97. The molecule has 0 saturated heterocycles. The van der Waals surface area contributed by atoms with Crippen LogP contribution in [0, 0.1) is 0 Å². The summed E-state index contributed by atoms with van der Waals surface area (Å²) in [5, 5.41) is 14.8. The van der Waals surface area contributed by atoms with Crippen LogP contribution in [-0.2, 0) is 4.79 Å². The number of benzene rings is 2. The van der Waals surface area contributed by atoms with Gasteiger partial charge in [-0.25, -0.2) is 14.5 Å². The van der Waals surface area contributed by atoms with Gasteiger partial charge in [0.2, 0.25) is 5.88 Å². The van der Waals surface area contributed by atoms with E-state index in [9.17, 15) is 9.90 Å². The second-order valence-electron chi connectivity index (χ2n) is 7.52. The summed E-state index contributed by atoms with van der Waals surface area (Å²) in [4.78, 5) is 21.8. The van der Waals surface area contributed by atoms with Crippen molar-refractivity contribution in [2.75, 3.05) is 7.11 Å². The summed E-state index contributed by atoms with van der Waals surface area (Å²) in [6.45, 7) is 3.29. The van der Waals surface area contributed by atoms with Crippen LogP contribution in [0.4, 0.5) is 0 Å². The molecule has 0 bridgehead atoms. The molecule has 32 heavy (non-hydrogen) atoms. The van der Waals surface area contributed by atoms with Gasteiger partial charge in [-0.1, -0.05) is 24.3 Å². The fraction of sp³-hybridized carbons (Fsp3) is 0.167. The zero-order valence-electron chi connectivity index (χ0n) is 17.7. The van der Waals surface area contributed by atoms with Gasteiger partial charge in [-0.2, -0.15) is 0 Å². The average Bonchev–Trinajstić information content (AvgIpc) is 3.22. The molecule has 1 N–H and O–H groups in total. The number of Topliss-reactive ketones (excluding diaryl/α,β-unsaturated/α-hetero) is 1. The number of aromatic hydroxyl groups is 1. The van der Waals surface area contributed by atoms with Crippen molar-refractivity contribution in [2.24, 2.45) is 0 Å². The Bertz CT molecular complexity index is 1390. The molecule has 3 heterocycles. The molecule has 2 aromatic heterocycles. The maximum atomic E-state index is 12.7. The Hall–Kier alpha value is -4.20. The number of hydrogen-bond acceptors (Lipinski definition) is 7. The number of carbonyl (C=O) groups excluding carboxylic acids is 1. The van der Waals surface area contributed by atoms with Crippen LogP contribution in [0.2, 0.25) is 0 Å². The molecule has 0 amide bonds. The molecular weight excluding hydrogens is 408 g/mol. The number of ketones is 1. The number of rotatable bonds is 4. The quantitative estimate of drug-likeness (QED) is 0.526. The number of fused-ring (bicyclic) bond motifs is 3. The van der Waals surface area contributed by atoms with Crippen molar-refractivity contribution in [3.8, 4) is 28.8 Å². The number of carbonyl (C=O) groups is 1. The summed E-state index contributed by atoms with van der Waals surface area (Å²) in [5.74, 6) is 1.47. The molecule has 0 saturated carbocycles. The Kier molecular flexibility index (Phi) is 4.62. The minimum absolute atomic E-state index is 0.0772. The first-order valence-electron chi connectivity index (χ1n) is 10.0. The van der Waals surface area contributed by atoms with Crippen LogP contribution in [-0.4, -0.2) is 37.6 Å². The zero-order valence-corrected chi connectivity index (χ0v) is 17.7.